The zero-order chi connectivity index (χ0) is 15.8. The van der Waals surface area contributed by atoms with Crippen LogP contribution < -0.4 is 4.90 Å². The van der Waals surface area contributed by atoms with Crippen molar-refractivity contribution in [3.8, 4) is 11.3 Å². The Kier molecular flexibility index (Phi) is 3.90. The topological polar surface area (TPSA) is 11.4 Å². The molecule has 3 heterocycles. The first-order valence-electron chi connectivity index (χ1n) is 9.00. The summed E-state index contributed by atoms with van der Waals surface area (Å²) in [7, 11) is 2.13. The van der Waals surface area contributed by atoms with Crippen LogP contribution in [0.4, 0.5) is 5.69 Å². The van der Waals surface area contributed by atoms with Gasteiger partial charge >= 0.3 is 0 Å². The maximum atomic E-state index is 2.69. The number of anilines is 1. The van der Waals surface area contributed by atoms with E-state index >= 15 is 0 Å². The van der Waals surface area contributed by atoms with Gasteiger partial charge in [-0.1, -0.05) is 19.1 Å². The number of hydrogen-bond acceptors (Lipinski definition) is 2. The van der Waals surface area contributed by atoms with Gasteiger partial charge in [-0.25, -0.2) is 0 Å². The number of likely N-dealkylation sites (tertiary alicyclic amines) is 1. The van der Waals surface area contributed by atoms with E-state index in [0.717, 1.165) is 6.04 Å². The molecular weight excluding hydrogens is 282 g/mol. The van der Waals surface area contributed by atoms with Gasteiger partial charge in [0, 0.05) is 55.9 Å². The largest absolute Gasteiger partial charge is 0.368 e. The zero-order valence-corrected chi connectivity index (χ0v) is 14.3. The average molecular weight is 309 g/mol. The van der Waals surface area contributed by atoms with Crippen LogP contribution in [0.25, 0.3) is 11.3 Å². The highest BCUT2D eigenvalue weighted by molar-refractivity contribution is 5.71. The quantitative estimate of drug-likeness (QED) is 0.859. The molecule has 0 N–H and O–H groups in total. The van der Waals surface area contributed by atoms with E-state index in [0.29, 0.717) is 0 Å². The molecule has 1 aromatic heterocycles. The lowest BCUT2D eigenvalue weighted by Crippen LogP contribution is -2.44. The molecule has 0 radical (unpaired) electrons. The molecule has 1 aromatic carbocycles. The van der Waals surface area contributed by atoms with Gasteiger partial charge in [-0.05, 0) is 49.6 Å². The molecular formula is C20H27N3. The summed E-state index contributed by atoms with van der Waals surface area (Å²) in [4.78, 5) is 5.27. The van der Waals surface area contributed by atoms with E-state index < -0.39 is 0 Å². The number of hydrogen-bond donors (Lipinski definition) is 0. The summed E-state index contributed by atoms with van der Waals surface area (Å²) >= 11 is 0. The number of benzene rings is 1. The molecule has 0 spiro atoms. The van der Waals surface area contributed by atoms with E-state index in [1.165, 1.54) is 67.9 Å². The van der Waals surface area contributed by atoms with Gasteiger partial charge in [0.2, 0.25) is 0 Å². The van der Waals surface area contributed by atoms with E-state index in [2.05, 4.69) is 64.9 Å². The Balaban J connectivity index is 1.59. The lowest BCUT2D eigenvalue weighted by atomic mass is 10.0. The van der Waals surface area contributed by atoms with Gasteiger partial charge in [0.15, 0.2) is 0 Å². The molecule has 2 aliphatic rings. The normalized spacial score (nSPS) is 19.3. The molecule has 0 amide bonds. The summed E-state index contributed by atoms with van der Waals surface area (Å²) in [5.41, 5.74) is 5.66. The summed E-state index contributed by atoms with van der Waals surface area (Å²) in [6.45, 7) is 7.18. The minimum absolute atomic E-state index is 0.725. The van der Waals surface area contributed by atoms with Crippen molar-refractivity contribution in [2.45, 2.75) is 32.2 Å². The second-order valence-electron chi connectivity index (χ2n) is 6.96. The number of fused-ring (bicyclic) bond motifs is 1. The second-order valence-corrected chi connectivity index (χ2v) is 6.96. The Morgan fingerprint density at radius 2 is 1.91 bits per heavy atom. The van der Waals surface area contributed by atoms with Crippen molar-refractivity contribution >= 4 is 5.69 Å². The Morgan fingerprint density at radius 3 is 2.61 bits per heavy atom. The molecule has 0 unspecified atom stereocenters. The van der Waals surface area contributed by atoms with Gasteiger partial charge < -0.3 is 14.4 Å². The lowest BCUT2D eigenvalue weighted by molar-refractivity contribution is 0.219. The summed E-state index contributed by atoms with van der Waals surface area (Å²) < 4.78 is 2.21. The molecule has 2 aromatic rings. The minimum atomic E-state index is 0.725. The fraction of sp³-hybridized carbons (Fsp3) is 0.500. The molecule has 4 rings (SSSR count). The first-order chi connectivity index (χ1) is 11.3. The van der Waals surface area contributed by atoms with Crippen LogP contribution in [0.1, 0.15) is 25.3 Å². The van der Waals surface area contributed by atoms with Gasteiger partial charge in [-0.3, -0.25) is 0 Å². The minimum Gasteiger partial charge on any atom is -0.368 e. The van der Waals surface area contributed by atoms with Crippen molar-refractivity contribution < 1.29 is 0 Å². The summed E-state index contributed by atoms with van der Waals surface area (Å²) in [6.07, 6.45) is 5.95. The maximum Gasteiger partial charge on any atom is 0.0478 e. The highest BCUT2D eigenvalue weighted by Gasteiger charge is 2.29. The monoisotopic (exact) mass is 309 g/mol. The number of rotatable bonds is 3. The predicted octanol–water partition coefficient (Wildman–Crippen LogP) is 3.54. The fourth-order valence-electron chi connectivity index (χ4n) is 4.25. The first-order valence-corrected chi connectivity index (χ1v) is 9.00. The van der Waals surface area contributed by atoms with Crippen molar-refractivity contribution in [2.24, 2.45) is 7.05 Å². The molecule has 0 aliphatic carbocycles. The third-order valence-corrected chi connectivity index (χ3v) is 5.70. The highest BCUT2D eigenvalue weighted by Crippen LogP contribution is 2.36. The van der Waals surface area contributed by atoms with Crippen LogP contribution in [-0.4, -0.2) is 41.7 Å². The SMILES string of the molecule is CCN1CCC(N2CCc3ccc(-c4cccn4C)cc32)CC1. The van der Waals surface area contributed by atoms with Crippen LogP contribution in [0.5, 0.6) is 0 Å². The lowest BCUT2D eigenvalue weighted by Gasteiger charge is -2.37. The molecule has 122 valence electrons. The number of aryl methyl sites for hydroxylation is 1. The van der Waals surface area contributed by atoms with E-state index in [1.807, 2.05) is 0 Å². The molecule has 1 saturated heterocycles. The third-order valence-electron chi connectivity index (χ3n) is 5.70. The van der Waals surface area contributed by atoms with Crippen molar-refractivity contribution in [2.75, 3.05) is 31.1 Å². The Labute approximate surface area is 139 Å². The smallest absolute Gasteiger partial charge is 0.0478 e. The van der Waals surface area contributed by atoms with Crippen LogP contribution >= 0.6 is 0 Å². The average Bonchev–Trinajstić information content (AvgIpc) is 3.20. The van der Waals surface area contributed by atoms with Gasteiger partial charge in [0.1, 0.15) is 0 Å². The number of aromatic nitrogens is 1. The van der Waals surface area contributed by atoms with Gasteiger partial charge in [0.25, 0.3) is 0 Å². The Bertz CT molecular complexity index is 680. The van der Waals surface area contributed by atoms with E-state index in [-0.39, 0.29) is 0 Å². The molecule has 0 bridgehead atoms. The third kappa shape index (κ3) is 2.67. The zero-order valence-electron chi connectivity index (χ0n) is 14.3. The first kappa shape index (κ1) is 14.8. The molecule has 3 heteroatoms. The molecule has 0 atom stereocenters. The van der Waals surface area contributed by atoms with Crippen LogP contribution in [0.2, 0.25) is 0 Å². The van der Waals surface area contributed by atoms with Gasteiger partial charge in [-0.2, -0.15) is 0 Å². The standard InChI is InChI=1S/C20H27N3/c1-3-22-12-9-18(10-13-22)23-14-8-16-6-7-17(15-20(16)23)19-5-4-11-21(19)2/h4-7,11,15,18H,3,8-10,12-14H2,1-2H3. The van der Waals surface area contributed by atoms with Crippen LogP contribution in [0, 0.1) is 0 Å². The molecule has 0 saturated carbocycles. The van der Waals surface area contributed by atoms with Gasteiger partial charge in [0.05, 0.1) is 0 Å². The maximum absolute atomic E-state index is 2.69. The van der Waals surface area contributed by atoms with Crippen LogP contribution in [0.15, 0.2) is 36.5 Å². The van der Waals surface area contributed by atoms with E-state index in [1.54, 1.807) is 0 Å². The number of nitrogens with zero attached hydrogens (tertiary/aromatic N) is 3. The Hall–Kier alpha value is -1.74. The van der Waals surface area contributed by atoms with Crippen LogP contribution in [-0.2, 0) is 13.5 Å². The van der Waals surface area contributed by atoms with E-state index in [9.17, 15) is 0 Å². The highest BCUT2D eigenvalue weighted by atomic mass is 15.2. The molecule has 23 heavy (non-hydrogen) atoms. The van der Waals surface area contributed by atoms with E-state index in [4.69, 9.17) is 0 Å². The predicted molar refractivity (Wildman–Crippen MR) is 97.0 cm³/mol. The summed E-state index contributed by atoms with van der Waals surface area (Å²) in [5.74, 6) is 0. The summed E-state index contributed by atoms with van der Waals surface area (Å²) in [5, 5.41) is 0. The van der Waals surface area contributed by atoms with Crippen molar-refractivity contribution in [1.29, 1.82) is 0 Å². The van der Waals surface area contributed by atoms with Crippen LogP contribution in [0.3, 0.4) is 0 Å². The van der Waals surface area contributed by atoms with Crippen molar-refractivity contribution in [3.05, 3.63) is 42.1 Å². The fourth-order valence-corrected chi connectivity index (χ4v) is 4.25. The molecule has 2 aliphatic heterocycles. The van der Waals surface area contributed by atoms with Gasteiger partial charge in [-0.15, -0.1) is 0 Å². The Morgan fingerprint density at radius 1 is 1.09 bits per heavy atom. The number of piperidine rings is 1. The molecule has 3 nitrogen and oxygen atoms in total. The second kappa shape index (κ2) is 6.04. The van der Waals surface area contributed by atoms with Crippen molar-refractivity contribution in [1.82, 2.24) is 9.47 Å². The van der Waals surface area contributed by atoms with Crippen molar-refractivity contribution in [3.63, 3.8) is 0 Å². The summed E-state index contributed by atoms with van der Waals surface area (Å²) in [6, 6.07) is 12.1. The molecule has 1 fully saturated rings.